The molecule has 0 unspecified atom stereocenters. The number of amides is 1. The van der Waals surface area contributed by atoms with E-state index in [1.54, 1.807) is 18.5 Å². The van der Waals surface area contributed by atoms with Crippen LogP contribution in [0.3, 0.4) is 0 Å². The molecule has 2 aromatic carbocycles. The van der Waals surface area contributed by atoms with Crippen molar-refractivity contribution < 1.29 is 9.53 Å². The smallest absolute Gasteiger partial charge is 0.248 e. The molecule has 1 aliphatic heterocycles. The van der Waals surface area contributed by atoms with Gasteiger partial charge in [0, 0.05) is 47.3 Å². The summed E-state index contributed by atoms with van der Waals surface area (Å²) in [4.78, 5) is 31.9. The van der Waals surface area contributed by atoms with Crippen LogP contribution in [0.25, 0.3) is 22.9 Å². The number of aromatic amines is 1. The highest BCUT2D eigenvalue weighted by molar-refractivity contribution is 5.95. The minimum absolute atomic E-state index is 0.0564. The van der Waals surface area contributed by atoms with Crippen LogP contribution in [0.5, 0.6) is 5.75 Å². The summed E-state index contributed by atoms with van der Waals surface area (Å²) >= 11 is 0. The highest BCUT2D eigenvalue weighted by Crippen LogP contribution is 2.40. The zero-order valence-electron chi connectivity index (χ0n) is 24.1. The monoisotopic (exact) mass is 548 g/mol. The van der Waals surface area contributed by atoms with E-state index < -0.39 is 5.91 Å². The molecule has 6 rings (SSSR count). The van der Waals surface area contributed by atoms with Crippen molar-refractivity contribution in [3.05, 3.63) is 88.3 Å². The molecule has 0 saturated carbocycles. The Morgan fingerprint density at radius 3 is 2.49 bits per heavy atom. The van der Waals surface area contributed by atoms with E-state index in [-0.39, 0.29) is 5.41 Å². The van der Waals surface area contributed by atoms with Gasteiger partial charge in [-0.1, -0.05) is 19.1 Å². The number of ether oxygens (including phenoxy) is 1. The van der Waals surface area contributed by atoms with Crippen LogP contribution in [0, 0.1) is 13.8 Å². The Bertz CT molecular complexity index is 1640. The molecular weight excluding hydrogens is 512 g/mol. The van der Waals surface area contributed by atoms with Gasteiger partial charge < -0.3 is 20.4 Å². The van der Waals surface area contributed by atoms with Crippen LogP contribution in [0.15, 0.2) is 48.8 Å². The topological polar surface area (TPSA) is 110 Å². The number of benzene rings is 2. The van der Waals surface area contributed by atoms with E-state index in [9.17, 15) is 4.79 Å². The third kappa shape index (κ3) is 4.99. The van der Waals surface area contributed by atoms with Gasteiger partial charge in [-0.05, 0) is 86.7 Å². The molecule has 8 nitrogen and oxygen atoms in total. The van der Waals surface area contributed by atoms with Gasteiger partial charge >= 0.3 is 0 Å². The van der Waals surface area contributed by atoms with Crippen molar-refractivity contribution in [2.24, 2.45) is 5.73 Å². The van der Waals surface area contributed by atoms with Crippen LogP contribution in [-0.4, -0.2) is 45.5 Å². The number of H-pyrrole nitrogens is 1. The Kier molecular flexibility index (Phi) is 6.85. The second kappa shape index (κ2) is 10.5. The molecule has 3 N–H and O–H groups in total. The normalized spacial score (nSPS) is 15.9. The van der Waals surface area contributed by atoms with E-state index in [4.69, 9.17) is 20.4 Å². The van der Waals surface area contributed by atoms with Crippen LogP contribution in [0.4, 0.5) is 5.82 Å². The molecule has 210 valence electrons. The molecule has 4 aromatic rings. The van der Waals surface area contributed by atoms with Crippen molar-refractivity contribution in [2.75, 3.05) is 24.6 Å². The first-order valence-electron chi connectivity index (χ1n) is 14.3. The maximum Gasteiger partial charge on any atom is 0.248 e. The zero-order chi connectivity index (χ0) is 28.7. The van der Waals surface area contributed by atoms with Crippen molar-refractivity contribution in [1.29, 1.82) is 0 Å². The molecule has 1 fully saturated rings. The van der Waals surface area contributed by atoms with Gasteiger partial charge in [0.25, 0.3) is 0 Å². The van der Waals surface area contributed by atoms with Crippen LogP contribution in [0.2, 0.25) is 0 Å². The summed E-state index contributed by atoms with van der Waals surface area (Å²) in [7, 11) is 0. The number of rotatable bonds is 7. The summed E-state index contributed by atoms with van der Waals surface area (Å²) in [6.45, 7) is 10.9. The third-order valence-electron chi connectivity index (χ3n) is 8.53. The lowest BCUT2D eigenvalue weighted by atomic mass is 9.79. The number of imidazole rings is 1. The van der Waals surface area contributed by atoms with Crippen LogP contribution in [0.1, 0.15) is 70.9 Å². The Balaban J connectivity index is 1.20. The van der Waals surface area contributed by atoms with Gasteiger partial charge in [-0.25, -0.2) is 15.0 Å². The average molecular weight is 549 g/mol. The van der Waals surface area contributed by atoms with Gasteiger partial charge in [-0.15, -0.1) is 0 Å². The standard InChI is InChI=1S/C33H36N6O2/c1-5-41-28-11-10-24(16-20(28)2)29-21(3)37-32(38-29)33(4)12-14-39(15-13-33)31-26-17-25(18-27(26)35-19-36-31)22-6-8-23(9-7-22)30(34)40/h6-11,16-17,19H,5,12-15,18H2,1-4H3,(H2,34,40)(H,37,38). The molecule has 0 spiro atoms. The van der Waals surface area contributed by atoms with Gasteiger partial charge in [0.2, 0.25) is 5.91 Å². The number of aromatic nitrogens is 4. The van der Waals surface area contributed by atoms with Crippen molar-refractivity contribution >= 4 is 23.4 Å². The molecule has 2 aliphatic rings. The molecule has 41 heavy (non-hydrogen) atoms. The first-order chi connectivity index (χ1) is 19.8. The highest BCUT2D eigenvalue weighted by atomic mass is 16.5. The highest BCUT2D eigenvalue weighted by Gasteiger charge is 2.36. The number of fused-ring (bicyclic) bond motifs is 1. The number of hydrogen-bond acceptors (Lipinski definition) is 6. The summed E-state index contributed by atoms with van der Waals surface area (Å²) in [6, 6.07) is 13.7. The predicted molar refractivity (Wildman–Crippen MR) is 162 cm³/mol. The number of allylic oxidation sites excluding steroid dienone is 1. The number of anilines is 1. The minimum atomic E-state index is -0.419. The lowest BCUT2D eigenvalue weighted by molar-refractivity contribution is 0.100. The molecule has 0 bridgehead atoms. The van der Waals surface area contributed by atoms with Crippen LogP contribution >= 0.6 is 0 Å². The van der Waals surface area contributed by atoms with Gasteiger partial charge in [0.05, 0.1) is 18.0 Å². The van der Waals surface area contributed by atoms with Crippen molar-refractivity contribution in [1.82, 2.24) is 19.9 Å². The number of nitrogens with zero attached hydrogens (tertiary/aromatic N) is 4. The summed E-state index contributed by atoms with van der Waals surface area (Å²) in [5, 5.41) is 0. The van der Waals surface area contributed by atoms with E-state index >= 15 is 0 Å². The van der Waals surface area contributed by atoms with Crippen LogP contribution < -0.4 is 15.4 Å². The Morgan fingerprint density at radius 2 is 1.80 bits per heavy atom. The second-order valence-corrected chi connectivity index (χ2v) is 11.4. The molecule has 1 saturated heterocycles. The summed E-state index contributed by atoms with van der Waals surface area (Å²) < 4.78 is 5.73. The number of aryl methyl sites for hydroxylation is 2. The van der Waals surface area contributed by atoms with Gasteiger partial charge in [-0.2, -0.15) is 0 Å². The number of hydrogen-bond donors (Lipinski definition) is 2. The summed E-state index contributed by atoms with van der Waals surface area (Å²) in [5.41, 5.74) is 14.5. The first-order valence-corrected chi connectivity index (χ1v) is 14.3. The fourth-order valence-electron chi connectivity index (χ4n) is 5.99. The minimum Gasteiger partial charge on any atom is -0.494 e. The number of carbonyl (C=O) groups excluding carboxylic acids is 1. The predicted octanol–water partition coefficient (Wildman–Crippen LogP) is 5.64. The molecule has 3 heterocycles. The van der Waals surface area contributed by atoms with E-state index in [2.05, 4.69) is 53.8 Å². The maximum absolute atomic E-state index is 11.5. The Hall–Kier alpha value is -4.46. The molecule has 1 aliphatic carbocycles. The van der Waals surface area contributed by atoms with Gasteiger partial charge in [-0.3, -0.25) is 4.79 Å². The zero-order valence-corrected chi connectivity index (χ0v) is 24.1. The van der Waals surface area contributed by atoms with Crippen molar-refractivity contribution in [2.45, 2.75) is 52.4 Å². The van der Waals surface area contributed by atoms with Gasteiger partial charge in [0.1, 0.15) is 23.7 Å². The Labute approximate surface area is 240 Å². The fraction of sp³-hybridized carbons (Fsp3) is 0.333. The second-order valence-electron chi connectivity index (χ2n) is 11.4. The molecule has 0 atom stereocenters. The third-order valence-corrected chi connectivity index (χ3v) is 8.53. The quantitative estimate of drug-likeness (QED) is 0.309. The number of primary amides is 1. The maximum atomic E-state index is 11.5. The lowest BCUT2D eigenvalue weighted by Crippen LogP contribution is -2.42. The molecule has 0 radical (unpaired) electrons. The SMILES string of the molecule is CCOc1ccc(-c2nc(C3(C)CCN(c4ncnc5c4C=C(c4ccc(C(N)=O)cc4)C5)CC3)[nH]c2C)cc1C. The number of nitrogens with one attached hydrogen (secondary N) is 1. The van der Waals surface area contributed by atoms with E-state index in [0.29, 0.717) is 12.2 Å². The Morgan fingerprint density at radius 1 is 1.07 bits per heavy atom. The van der Waals surface area contributed by atoms with Gasteiger partial charge in [0.15, 0.2) is 0 Å². The van der Waals surface area contributed by atoms with E-state index in [0.717, 1.165) is 89.1 Å². The molecule has 2 aromatic heterocycles. The number of piperidine rings is 1. The molecular formula is C33H36N6O2. The summed E-state index contributed by atoms with van der Waals surface area (Å²) in [6.07, 6.45) is 6.54. The van der Waals surface area contributed by atoms with Crippen LogP contribution in [-0.2, 0) is 11.8 Å². The summed E-state index contributed by atoms with van der Waals surface area (Å²) in [5.74, 6) is 2.54. The lowest BCUT2D eigenvalue weighted by Gasteiger charge is -2.39. The molecule has 8 heteroatoms. The number of carbonyl (C=O) groups is 1. The largest absolute Gasteiger partial charge is 0.494 e. The first kappa shape index (κ1) is 26.7. The van der Waals surface area contributed by atoms with Crippen molar-refractivity contribution in [3.63, 3.8) is 0 Å². The van der Waals surface area contributed by atoms with E-state index in [1.807, 2.05) is 25.1 Å². The van der Waals surface area contributed by atoms with E-state index in [1.165, 1.54) is 5.57 Å². The number of nitrogens with two attached hydrogens (primary N) is 1. The fourth-order valence-corrected chi connectivity index (χ4v) is 5.99. The molecule has 1 amide bonds. The van der Waals surface area contributed by atoms with Crippen molar-refractivity contribution in [3.8, 4) is 17.0 Å². The average Bonchev–Trinajstić information content (AvgIpc) is 3.59.